The number of amides is 1. The molecule has 1 atom stereocenters. The summed E-state index contributed by atoms with van der Waals surface area (Å²) >= 11 is 6.15. The zero-order valence-corrected chi connectivity index (χ0v) is 17.4. The van der Waals surface area contributed by atoms with E-state index in [9.17, 15) is 13.2 Å². The Morgan fingerprint density at radius 1 is 1.21 bits per heavy atom. The fraction of sp³-hybridized carbons (Fsp3) is 0.350. The molecule has 0 fully saturated rings. The summed E-state index contributed by atoms with van der Waals surface area (Å²) in [5.74, 6) is 0.398. The molecule has 8 heteroatoms. The third-order valence-electron chi connectivity index (χ3n) is 4.78. The highest BCUT2D eigenvalue weighted by Gasteiger charge is 2.27. The van der Waals surface area contributed by atoms with Crippen molar-refractivity contribution in [1.82, 2.24) is 9.62 Å². The number of hydrogen-bond donors (Lipinski definition) is 1. The molecule has 1 aliphatic heterocycles. The standard InChI is InChI=1S/C20H23ClN2O4S/c1-3-23(4-2)28(25,26)19-13-14(9-10-16(19)21)20(24)22-17-11-12-27-18-8-6-5-7-15(17)18/h5-10,13,17H,3-4,11-12H2,1-2H3,(H,22,24)/t17-/m1/s1. The molecule has 0 unspecified atom stereocenters. The minimum atomic E-state index is -3.77. The molecule has 6 nitrogen and oxygen atoms in total. The van der Waals surface area contributed by atoms with Crippen LogP contribution in [0.5, 0.6) is 5.75 Å². The fourth-order valence-corrected chi connectivity index (χ4v) is 5.24. The van der Waals surface area contributed by atoms with Crippen LogP contribution in [0.2, 0.25) is 5.02 Å². The molecule has 0 aromatic heterocycles. The van der Waals surface area contributed by atoms with Gasteiger partial charge in [-0.25, -0.2) is 8.42 Å². The first-order valence-electron chi connectivity index (χ1n) is 9.20. The van der Waals surface area contributed by atoms with E-state index in [2.05, 4.69) is 5.32 Å². The zero-order valence-electron chi connectivity index (χ0n) is 15.8. The molecule has 0 aliphatic carbocycles. The highest BCUT2D eigenvalue weighted by Crippen LogP contribution is 2.32. The van der Waals surface area contributed by atoms with Gasteiger partial charge in [0.1, 0.15) is 10.6 Å². The third kappa shape index (κ3) is 4.01. The van der Waals surface area contributed by atoms with Crippen molar-refractivity contribution in [3.8, 4) is 5.75 Å². The Kier molecular flexibility index (Phi) is 6.27. The number of hydrogen-bond acceptors (Lipinski definition) is 4. The van der Waals surface area contributed by atoms with Crippen molar-refractivity contribution in [2.45, 2.75) is 31.2 Å². The summed E-state index contributed by atoms with van der Waals surface area (Å²) < 4.78 is 32.6. The lowest BCUT2D eigenvalue weighted by Crippen LogP contribution is -2.33. The monoisotopic (exact) mass is 422 g/mol. The zero-order chi connectivity index (χ0) is 20.3. The van der Waals surface area contributed by atoms with Crippen LogP contribution >= 0.6 is 11.6 Å². The lowest BCUT2D eigenvalue weighted by molar-refractivity contribution is 0.0924. The highest BCUT2D eigenvalue weighted by atomic mass is 35.5. The molecule has 150 valence electrons. The molecule has 1 heterocycles. The van der Waals surface area contributed by atoms with E-state index < -0.39 is 10.0 Å². The van der Waals surface area contributed by atoms with E-state index in [4.69, 9.17) is 16.3 Å². The molecular weight excluding hydrogens is 400 g/mol. The molecule has 0 radical (unpaired) electrons. The van der Waals surface area contributed by atoms with E-state index in [1.165, 1.54) is 22.5 Å². The average Bonchev–Trinajstić information content (AvgIpc) is 2.69. The summed E-state index contributed by atoms with van der Waals surface area (Å²) in [5, 5.41) is 3.07. The van der Waals surface area contributed by atoms with Crippen LogP contribution < -0.4 is 10.1 Å². The maximum atomic E-state index is 12.8. The molecule has 28 heavy (non-hydrogen) atoms. The molecule has 2 aromatic carbocycles. The summed E-state index contributed by atoms with van der Waals surface area (Å²) in [4.78, 5) is 12.8. The number of fused-ring (bicyclic) bond motifs is 1. The van der Waals surface area contributed by atoms with Crippen LogP contribution in [0.15, 0.2) is 47.4 Å². The molecule has 0 saturated carbocycles. The summed E-state index contributed by atoms with van der Waals surface area (Å²) in [5.41, 5.74) is 1.16. The van der Waals surface area contributed by atoms with Crippen molar-refractivity contribution in [3.63, 3.8) is 0 Å². The Bertz CT molecular complexity index is 974. The maximum absolute atomic E-state index is 12.8. The topological polar surface area (TPSA) is 75.7 Å². The average molecular weight is 423 g/mol. The number of nitrogens with zero attached hydrogens (tertiary/aromatic N) is 1. The van der Waals surface area contributed by atoms with E-state index in [1.54, 1.807) is 13.8 Å². The van der Waals surface area contributed by atoms with Gasteiger partial charge in [0.25, 0.3) is 5.91 Å². The summed E-state index contributed by atoms with van der Waals surface area (Å²) in [6.45, 7) is 4.67. The van der Waals surface area contributed by atoms with E-state index in [1.807, 2.05) is 24.3 Å². The largest absolute Gasteiger partial charge is 0.493 e. The Labute approximate surface area is 170 Å². The SMILES string of the molecule is CCN(CC)S(=O)(=O)c1cc(C(=O)N[C@@H]2CCOc3ccccc32)ccc1Cl. The predicted octanol–water partition coefficient (Wildman–Crippen LogP) is 3.62. The van der Waals surface area contributed by atoms with Crippen molar-refractivity contribution in [2.75, 3.05) is 19.7 Å². The summed E-state index contributed by atoms with van der Waals surface area (Å²) in [6, 6.07) is 11.7. The Balaban J connectivity index is 1.88. The van der Waals surface area contributed by atoms with Crippen LogP contribution in [0.4, 0.5) is 0 Å². The van der Waals surface area contributed by atoms with E-state index in [-0.39, 0.29) is 27.4 Å². The van der Waals surface area contributed by atoms with Crippen LogP contribution in [0, 0.1) is 0 Å². The lowest BCUT2D eigenvalue weighted by atomic mass is 10.00. The normalized spacial score (nSPS) is 16.4. The number of halogens is 1. The van der Waals surface area contributed by atoms with Gasteiger partial charge in [0.05, 0.1) is 17.7 Å². The molecule has 3 rings (SSSR count). The van der Waals surface area contributed by atoms with Gasteiger partial charge in [-0.05, 0) is 24.3 Å². The molecule has 1 N–H and O–H groups in total. The number of nitrogens with one attached hydrogen (secondary N) is 1. The number of ether oxygens (including phenoxy) is 1. The molecular formula is C20H23ClN2O4S. The van der Waals surface area contributed by atoms with Gasteiger partial charge >= 0.3 is 0 Å². The van der Waals surface area contributed by atoms with Crippen LogP contribution in [-0.4, -0.2) is 38.3 Å². The second-order valence-electron chi connectivity index (χ2n) is 6.44. The number of carbonyl (C=O) groups is 1. The van der Waals surface area contributed by atoms with Crippen molar-refractivity contribution in [3.05, 3.63) is 58.6 Å². The predicted molar refractivity (Wildman–Crippen MR) is 108 cm³/mol. The molecule has 0 saturated heterocycles. The van der Waals surface area contributed by atoms with Crippen molar-refractivity contribution < 1.29 is 17.9 Å². The third-order valence-corrected chi connectivity index (χ3v) is 7.31. The van der Waals surface area contributed by atoms with Gasteiger partial charge in [-0.1, -0.05) is 43.6 Å². The first-order chi connectivity index (χ1) is 13.4. The van der Waals surface area contributed by atoms with Gasteiger partial charge in [-0.15, -0.1) is 0 Å². The van der Waals surface area contributed by atoms with E-state index in [0.29, 0.717) is 26.1 Å². The Hall–Kier alpha value is -2.09. The molecule has 0 bridgehead atoms. The number of rotatable bonds is 6. The number of carbonyl (C=O) groups excluding carboxylic acids is 1. The summed E-state index contributed by atoms with van der Waals surface area (Å²) in [7, 11) is -3.77. The number of sulfonamides is 1. The van der Waals surface area contributed by atoms with Crippen LogP contribution in [0.25, 0.3) is 0 Å². The molecule has 0 spiro atoms. The number of para-hydroxylation sites is 1. The number of benzene rings is 2. The Morgan fingerprint density at radius 3 is 2.64 bits per heavy atom. The van der Waals surface area contributed by atoms with Crippen LogP contribution in [0.1, 0.15) is 42.2 Å². The van der Waals surface area contributed by atoms with Gasteiger partial charge in [0.2, 0.25) is 10.0 Å². The lowest BCUT2D eigenvalue weighted by Gasteiger charge is -2.26. The van der Waals surface area contributed by atoms with E-state index in [0.717, 1.165) is 11.3 Å². The molecule has 1 amide bonds. The second kappa shape index (κ2) is 8.51. The second-order valence-corrected chi connectivity index (χ2v) is 8.75. The maximum Gasteiger partial charge on any atom is 0.251 e. The van der Waals surface area contributed by atoms with Crippen LogP contribution in [0.3, 0.4) is 0 Å². The van der Waals surface area contributed by atoms with Crippen molar-refractivity contribution >= 4 is 27.5 Å². The first-order valence-corrected chi connectivity index (χ1v) is 11.0. The van der Waals surface area contributed by atoms with Crippen LogP contribution in [-0.2, 0) is 10.0 Å². The van der Waals surface area contributed by atoms with E-state index >= 15 is 0 Å². The van der Waals surface area contributed by atoms with Gasteiger partial charge in [0.15, 0.2) is 0 Å². The quantitative estimate of drug-likeness (QED) is 0.771. The molecule has 1 aliphatic rings. The fourth-order valence-electron chi connectivity index (χ4n) is 3.28. The van der Waals surface area contributed by atoms with Gasteiger partial charge in [-0.3, -0.25) is 4.79 Å². The Morgan fingerprint density at radius 2 is 1.93 bits per heavy atom. The summed E-state index contributed by atoms with van der Waals surface area (Å²) in [6.07, 6.45) is 0.640. The first kappa shape index (κ1) is 20.6. The van der Waals surface area contributed by atoms with Crippen molar-refractivity contribution in [1.29, 1.82) is 0 Å². The van der Waals surface area contributed by atoms with Gasteiger partial charge in [-0.2, -0.15) is 4.31 Å². The smallest absolute Gasteiger partial charge is 0.251 e. The highest BCUT2D eigenvalue weighted by molar-refractivity contribution is 7.89. The molecule has 2 aromatic rings. The van der Waals surface area contributed by atoms with Gasteiger partial charge < -0.3 is 10.1 Å². The van der Waals surface area contributed by atoms with Gasteiger partial charge in [0, 0.05) is 30.6 Å². The van der Waals surface area contributed by atoms with Crippen molar-refractivity contribution in [2.24, 2.45) is 0 Å². The minimum absolute atomic E-state index is 0.0575. The minimum Gasteiger partial charge on any atom is -0.493 e.